The van der Waals surface area contributed by atoms with Gasteiger partial charge < -0.3 is 14.2 Å². The summed E-state index contributed by atoms with van der Waals surface area (Å²) >= 11 is 1.55. The van der Waals surface area contributed by atoms with Gasteiger partial charge in [-0.2, -0.15) is 0 Å². The summed E-state index contributed by atoms with van der Waals surface area (Å²) in [4.78, 5) is 29.8. The molecule has 4 aromatic rings. The molecule has 0 unspecified atom stereocenters. The van der Waals surface area contributed by atoms with Gasteiger partial charge in [0.25, 0.3) is 0 Å². The smallest absolute Gasteiger partial charge is 0.338 e. The molecule has 7 heteroatoms. The lowest BCUT2D eigenvalue weighted by Crippen LogP contribution is -2.32. The molecular formula is C26H21NO5S. The van der Waals surface area contributed by atoms with E-state index in [4.69, 9.17) is 14.2 Å². The summed E-state index contributed by atoms with van der Waals surface area (Å²) < 4.78 is 18.6. The minimum atomic E-state index is -0.595. The minimum Gasteiger partial charge on any atom is -0.459 e. The van der Waals surface area contributed by atoms with Crippen molar-refractivity contribution < 1.29 is 23.8 Å². The number of nitrogens with zero attached hydrogens (tertiary/aromatic N) is 1. The number of ether oxygens (including phenoxy) is 3. The van der Waals surface area contributed by atoms with E-state index in [1.165, 1.54) is 0 Å². The first-order chi connectivity index (χ1) is 16.2. The van der Waals surface area contributed by atoms with Gasteiger partial charge in [-0.25, -0.2) is 14.6 Å². The number of rotatable bonds is 6. The van der Waals surface area contributed by atoms with Crippen molar-refractivity contribution in [3.63, 3.8) is 0 Å². The molecular weight excluding hydrogens is 438 g/mol. The van der Waals surface area contributed by atoms with Crippen LogP contribution in [0.2, 0.25) is 0 Å². The van der Waals surface area contributed by atoms with Crippen LogP contribution in [-0.4, -0.2) is 35.7 Å². The predicted molar refractivity (Wildman–Crippen MR) is 124 cm³/mol. The highest BCUT2D eigenvalue weighted by Crippen LogP contribution is 2.38. The molecule has 5 rings (SSSR count). The highest BCUT2D eigenvalue weighted by Gasteiger charge is 2.41. The molecule has 0 aliphatic carbocycles. The van der Waals surface area contributed by atoms with Gasteiger partial charge >= 0.3 is 11.9 Å². The zero-order valence-electron chi connectivity index (χ0n) is 17.6. The molecule has 1 aliphatic heterocycles. The molecule has 0 saturated carbocycles. The molecule has 0 bridgehead atoms. The van der Waals surface area contributed by atoms with Crippen LogP contribution in [0.5, 0.6) is 0 Å². The van der Waals surface area contributed by atoms with Crippen molar-refractivity contribution in [2.24, 2.45) is 0 Å². The Balaban J connectivity index is 1.33. The van der Waals surface area contributed by atoms with Crippen LogP contribution in [0, 0.1) is 0 Å². The highest BCUT2D eigenvalue weighted by molar-refractivity contribution is 7.18. The predicted octanol–water partition coefficient (Wildman–Crippen LogP) is 5.21. The summed E-state index contributed by atoms with van der Waals surface area (Å²) in [7, 11) is 0. The zero-order valence-corrected chi connectivity index (χ0v) is 18.4. The van der Waals surface area contributed by atoms with Crippen LogP contribution in [0.25, 0.3) is 10.2 Å². The van der Waals surface area contributed by atoms with Crippen LogP contribution in [0.15, 0.2) is 84.9 Å². The molecule has 1 aliphatic rings. The molecule has 6 nitrogen and oxygen atoms in total. The fourth-order valence-corrected chi connectivity index (χ4v) is 4.79. The third kappa shape index (κ3) is 4.79. The average molecular weight is 460 g/mol. The Morgan fingerprint density at radius 2 is 1.52 bits per heavy atom. The maximum absolute atomic E-state index is 12.7. The van der Waals surface area contributed by atoms with Crippen molar-refractivity contribution in [3.05, 3.63) is 101 Å². The van der Waals surface area contributed by atoms with E-state index in [9.17, 15) is 9.59 Å². The lowest BCUT2D eigenvalue weighted by Gasteiger charge is -2.19. The van der Waals surface area contributed by atoms with E-state index < -0.39 is 24.1 Å². The Labute approximate surface area is 194 Å². The van der Waals surface area contributed by atoms with Gasteiger partial charge in [-0.1, -0.05) is 48.5 Å². The van der Waals surface area contributed by atoms with Gasteiger partial charge in [-0.3, -0.25) is 0 Å². The quantitative estimate of drug-likeness (QED) is 0.369. The third-order valence-corrected chi connectivity index (χ3v) is 6.57. The van der Waals surface area contributed by atoms with Crippen molar-refractivity contribution in [2.45, 2.75) is 24.7 Å². The third-order valence-electron chi connectivity index (χ3n) is 5.44. The summed E-state index contributed by atoms with van der Waals surface area (Å²) in [5.41, 5.74) is 1.81. The maximum Gasteiger partial charge on any atom is 0.338 e. The number of benzene rings is 3. The van der Waals surface area contributed by atoms with Gasteiger partial charge in [-0.05, 0) is 36.4 Å². The number of esters is 2. The molecule has 0 amide bonds. The van der Waals surface area contributed by atoms with Crippen LogP contribution >= 0.6 is 11.3 Å². The first kappa shape index (κ1) is 21.3. The number of thiazole rings is 1. The molecule has 0 radical (unpaired) electrons. The average Bonchev–Trinajstić information content (AvgIpc) is 3.47. The number of aromatic nitrogens is 1. The largest absolute Gasteiger partial charge is 0.459 e. The Hall–Kier alpha value is -3.55. The molecule has 1 fully saturated rings. The van der Waals surface area contributed by atoms with Gasteiger partial charge in [0, 0.05) is 6.42 Å². The molecule has 3 atom stereocenters. The fraction of sp³-hybridized carbons (Fsp3) is 0.192. The number of fused-ring (bicyclic) bond motifs is 1. The van der Waals surface area contributed by atoms with E-state index in [1.807, 2.05) is 36.4 Å². The van der Waals surface area contributed by atoms with Gasteiger partial charge in [-0.15, -0.1) is 11.3 Å². The molecule has 0 spiro atoms. The minimum absolute atomic E-state index is 0.0259. The molecule has 0 N–H and O–H groups in total. The number of para-hydroxylation sites is 1. The Kier molecular flexibility index (Phi) is 6.15. The number of carbonyl (C=O) groups is 2. The summed E-state index contributed by atoms with van der Waals surface area (Å²) in [5, 5.41) is 0.814. The van der Waals surface area contributed by atoms with Crippen molar-refractivity contribution in [1.29, 1.82) is 0 Å². The van der Waals surface area contributed by atoms with Gasteiger partial charge in [0.1, 0.15) is 29.9 Å². The SMILES string of the molecule is O=C(OC[C@H]1O[C@H](c2nc3ccccc3s2)C[C@@H]1OC(=O)c1ccccc1)c1ccccc1. The van der Waals surface area contributed by atoms with E-state index in [2.05, 4.69) is 4.98 Å². The summed E-state index contributed by atoms with van der Waals surface area (Å²) in [6.45, 7) is -0.0259. The second kappa shape index (κ2) is 9.52. The van der Waals surface area contributed by atoms with E-state index in [0.29, 0.717) is 17.5 Å². The van der Waals surface area contributed by atoms with Crippen LogP contribution < -0.4 is 0 Å². The lowest BCUT2D eigenvalue weighted by molar-refractivity contribution is -0.0427. The van der Waals surface area contributed by atoms with Crippen LogP contribution in [0.4, 0.5) is 0 Å². The van der Waals surface area contributed by atoms with Crippen LogP contribution in [0.3, 0.4) is 0 Å². The fourth-order valence-electron chi connectivity index (χ4n) is 3.77. The van der Waals surface area contributed by atoms with E-state index in [-0.39, 0.29) is 12.7 Å². The topological polar surface area (TPSA) is 74.7 Å². The van der Waals surface area contributed by atoms with Crippen molar-refractivity contribution in [1.82, 2.24) is 4.98 Å². The highest BCUT2D eigenvalue weighted by atomic mass is 32.1. The summed E-state index contributed by atoms with van der Waals surface area (Å²) in [6, 6.07) is 25.4. The van der Waals surface area contributed by atoms with E-state index in [0.717, 1.165) is 15.2 Å². The second-order valence-electron chi connectivity index (χ2n) is 7.69. The molecule has 166 valence electrons. The van der Waals surface area contributed by atoms with E-state index >= 15 is 0 Å². The zero-order chi connectivity index (χ0) is 22.6. The molecule has 33 heavy (non-hydrogen) atoms. The Morgan fingerprint density at radius 3 is 2.21 bits per heavy atom. The Morgan fingerprint density at radius 1 is 0.879 bits per heavy atom. The molecule has 3 aromatic carbocycles. The van der Waals surface area contributed by atoms with Gasteiger partial charge in [0.05, 0.1) is 21.3 Å². The van der Waals surface area contributed by atoms with Gasteiger partial charge in [0.15, 0.2) is 0 Å². The standard InChI is InChI=1S/C26H21NO5S/c28-25(17-9-3-1-4-10-17)30-16-22-20(32-26(29)18-11-5-2-6-12-18)15-21(31-22)24-27-19-13-7-8-14-23(19)33-24/h1-14,20-22H,15-16H2/t20-,21-,22+/m0/s1. The molecule has 1 saturated heterocycles. The van der Waals surface area contributed by atoms with E-state index in [1.54, 1.807) is 59.9 Å². The summed E-state index contributed by atoms with van der Waals surface area (Å²) in [6.07, 6.45) is -1.08. The maximum atomic E-state index is 12.7. The number of carbonyl (C=O) groups excluding carboxylic acids is 2. The summed E-state index contributed by atoms with van der Waals surface area (Å²) in [5.74, 6) is -0.885. The number of hydrogen-bond acceptors (Lipinski definition) is 7. The van der Waals surface area contributed by atoms with Crippen LogP contribution in [0.1, 0.15) is 38.2 Å². The lowest BCUT2D eigenvalue weighted by atomic mass is 10.1. The monoisotopic (exact) mass is 459 g/mol. The van der Waals surface area contributed by atoms with Crippen LogP contribution in [-0.2, 0) is 14.2 Å². The Bertz CT molecular complexity index is 1220. The molecule has 1 aromatic heterocycles. The second-order valence-corrected chi connectivity index (χ2v) is 8.76. The first-order valence-electron chi connectivity index (χ1n) is 10.7. The first-order valence-corrected chi connectivity index (χ1v) is 11.5. The van der Waals surface area contributed by atoms with Crippen molar-refractivity contribution >= 4 is 33.5 Å². The van der Waals surface area contributed by atoms with Crippen molar-refractivity contribution in [3.8, 4) is 0 Å². The normalized spacial score (nSPS) is 19.9. The van der Waals surface area contributed by atoms with Crippen molar-refractivity contribution in [2.75, 3.05) is 6.61 Å². The number of hydrogen-bond donors (Lipinski definition) is 0. The van der Waals surface area contributed by atoms with Gasteiger partial charge in [0.2, 0.25) is 0 Å². The molecule has 2 heterocycles.